The molecule has 4 N–H and O–H groups in total. The van der Waals surface area contributed by atoms with Gasteiger partial charge in [-0.25, -0.2) is 0 Å². The second-order valence-corrected chi connectivity index (χ2v) is 8.65. The van der Waals surface area contributed by atoms with Crippen LogP contribution in [-0.4, -0.2) is 67.7 Å². The molecule has 0 aromatic heterocycles. The molecular weight excluding hydrogens is 400 g/mol. The van der Waals surface area contributed by atoms with Gasteiger partial charge in [-0.1, -0.05) is 48.5 Å². The van der Waals surface area contributed by atoms with Gasteiger partial charge in [0.1, 0.15) is 5.84 Å². The number of anilines is 1. The molecular formula is C25H36N6O. The van der Waals surface area contributed by atoms with Gasteiger partial charge < -0.3 is 9.64 Å². The molecule has 7 nitrogen and oxygen atoms in total. The summed E-state index contributed by atoms with van der Waals surface area (Å²) < 4.78 is 5.63. The smallest absolute Gasteiger partial charge is 0.129 e. The lowest BCUT2D eigenvalue weighted by atomic mass is 9.89. The van der Waals surface area contributed by atoms with Crippen LogP contribution in [-0.2, 0) is 11.2 Å². The Balaban J connectivity index is 1.44. The van der Waals surface area contributed by atoms with Crippen LogP contribution in [0.1, 0.15) is 18.4 Å². The van der Waals surface area contributed by atoms with Gasteiger partial charge in [0, 0.05) is 51.6 Å². The summed E-state index contributed by atoms with van der Waals surface area (Å²) >= 11 is 0. The first kappa shape index (κ1) is 22.7. The number of benzene rings is 2. The average molecular weight is 437 g/mol. The van der Waals surface area contributed by atoms with E-state index in [1.807, 2.05) is 11.1 Å². The fraction of sp³-hybridized carbons (Fsp3) is 0.480. The summed E-state index contributed by atoms with van der Waals surface area (Å²) in [6, 6.07) is 21.0. The molecule has 0 radical (unpaired) electrons. The second kappa shape index (κ2) is 11.4. The summed E-state index contributed by atoms with van der Waals surface area (Å²) in [5, 5.41) is 11.0. The number of hydrogen-bond acceptors (Lipinski definition) is 6. The molecule has 0 spiro atoms. The zero-order chi connectivity index (χ0) is 22.2. The second-order valence-electron chi connectivity index (χ2n) is 8.65. The molecule has 1 atom stereocenters. The van der Waals surface area contributed by atoms with Gasteiger partial charge in [0.05, 0.1) is 6.04 Å². The highest BCUT2D eigenvalue weighted by atomic mass is 16.5. The van der Waals surface area contributed by atoms with E-state index in [-0.39, 0.29) is 6.04 Å². The van der Waals surface area contributed by atoms with Crippen molar-refractivity contribution < 1.29 is 4.74 Å². The summed E-state index contributed by atoms with van der Waals surface area (Å²) in [5.74, 6) is 6.90. The Morgan fingerprint density at radius 3 is 2.25 bits per heavy atom. The van der Waals surface area contributed by atoms with Crippen LogP contribution in [0.25, 0.3) is 0 Å². The highest BCUT2D eigenvalue weighted by molar-refractivity contribution is 5.84. The molecule has 2 aliphatic heterocycles. The van der Waals surface area contributed by atoms with Crippen LogP contribution < -0.4 is 16.3 Å². The monoisotopic (exact) mass is 436 g/mol. The predicted molar refractivity (Wildman–Crippen MR) is 129 cm³/mol. The van der Waals surface area contributed by atoms with Crippen molar-refractivity contribution in [2.45, 2.75) is 25.3 Å². The molecule has 2 aromatic rings. The maximum Gasteiger partial charge on any atom is 0.129 e. The van der Waals surface area contributed by atoms with E-state index in [0.29, 0.717) is 18.3 Å². The number of hydrazine groups is 2. The standard InChI is InChI=1S/C25H36N6O/c26-25(31(28-27)14-11-21-7-3-1-4-8-21)24(22-12-19-32-20-13-22)30-17-15-29(16-18-30)23-9-5-2-6-10-23/h1-10,22,24,26,28H,11-20,27H2. The van der Waals surface area contributed by atoms with E-state index in [9.17, 15) is 0 Å². The Morgan fingerprint density at radius 2 is 1.62 bits per heavy atom. The molecule has 2 aliphatic rings. The predicted octanol–water partition coefficient (Wildman–Crippen LogP) is 2.50. The number of nitrogens with two attached hydrogens (primary N) is 1. The van der Waals surface area contributed by atoms with Crippen LogP contribution in [0.3, 0.4) is 0 Å². The topological polar surface area (TPSA) is 80.9 Å². The maximum atomic E-state index is 9.14. The Morgan fingerprint density at radius 1 is 1.00 bits per heavy atom. The first-order valence-corrected chi connectivity index (χ1v) is 11.7. The van der Waals surface area contributed by atoms with Gasteiger partial charge in [-0.2, -0.15) is 5.53 Å². The molecule has 0 bridgehead atoms. The molecule has 32 heavy (non-hydrogen) atoms. The van der Waals surface area contributed by atoms with Crippen molar-refractivity contribution >= 4 is 11.5 Å². The first-order valence-electron chi connectivity index (χ1n) is 11.7. The van der Waals surface area contributed by atoms with E-state index in [4.69, 9.17) is 16.0 Å². The summed E-state index contributed by atoms with van der Waals surface area (Å²) in [6.45, 7) is 6.04. The third-order valence-corrected chi connectivity index (χ3v) is 6.74. The largest absolute Gasteiger partial charge is 0.381 e. The van der Waals surface area contributed by atoms with E-state index in [1.54, 1.807) is 0 Å². The van der Waals surface area contributed by atoms with Gasteiger partial charge in [-0.15, -0.1) is 0 Å². The van der Waals surface area contributed by atoms with Crippen molar-refractivity contribution in [1.29, 1.82) is 5.41 Å². The number of para-hydroxylation sites is 1. The zero-order valence-corrected chi connectivity index (χ0v) is 18.8. The van der Waals surface area contributed by atoms with Crippen molar-refractivity contribution in [1.82, 2.24) is 15.4 Å². The van der Waals surface area contributed by atoms with Gasteiger partial charge >= 0.3 is 0 Å². The lowest BCUT2D eigenvalue weighted by Crippen LogP contribution is -2.61. The summed E-state index contributed by atoms with van der Waals surface area (Å²) in [4.78, 5) is 4.93. The highest BCUT2D eigenvalue weighted by Crippen LogP contribution is 2.26. The maximum absolute atomic E-state index is 9.14. The highest BCUT2D eigenvalue weighted by Gasteiger charge is 2.36. The molecule has 0 aliphatic carbocycles. The molecule has 1 unspecified atom stereocenters. The number of hydrogen-bond donors (Lipinski definition) is 3. The Hall–Kier alpha value is -2.45. The van der Waals surface area contributed by atoms with E-state index in [2.05, 4.69) is 69.9 Å². The van der Waals surface area contributed by atoms with Crippen molar-refractivity contribution in [3.8, 4) is 0 Å². The molecule has 2 heterocycles. The van der Waals surface area contributed by atoms with E-state index < -0.39 is 0 Å². The van der Waals surface area contributed by atoms with E-state index in [1.165, 1.54) is 11.3 Å². The minimum atomic E-state index is 0.0450. The summed E-state index contributed by atoms with van der Waals surface area (Å²) in [6.07, 6.45) is 2.82. The van der Waals surface area contributed by atoms with Crippen LogP contribution in [0.2, 0.25) is 0 Å². The van der Waals surface area contributed by atoms with Crippen molar-refractivity contribution in [2.24, 2.45) is 11.8 Å². The SMILES string of the molecule is N=C(C(C1CCOCC1)N1CCN(c2ccccc2)CC1)N(CCc1ccccc1)NN. The number of amidine groups is 1. The normalized spacial score (nSPS) is 19.0. The Labute approximate surface area is 191 Å². The van der Waals surface area contributed by atoms with Crippen molar-refractivity contribution in [3.63, 3.8) is 0 Å². The third-order valence-electron chi connectivity index (χ3n) is 6.74. The van der Waals surface area contributed by atoms with Gasteiger partial charge in [0.2, 0.25) is 0 Å². The Kier molecular flexibility index (Phi) is 8.12. The molecule has 172 valence electrons. The fourth-order valence-corrected chi connectivity index (χ4v) is 4.92. The van der Waals surface area contributed by atoms with Crippen LogP contribution in [0.4, 0.5) is 5.69 Å². The number of rotatable bonds is 8. The molecule has 2 aromatic carbocycles. The molecule has 4 rings (SSSR count). The first-order chi connectivity index (χ1) is 15.8. The molecule has 2 fully saturated rings. The minimum absolute atomic E-state index is 0.0450. The zero-order valence-electron chi connectivity index (χ0n) is 18.8. The lowest BCUT2D eigenvalue weighted by molar-refractivity contribution is 0.0363. The quantitative estimate of drug-likeness (QED) is 0.255. The third kappa shape index (κ3) is 5.66. The van der Waals surface area contributed by atoms with E-state index >= 15 is 0 Å². The Bertz CT molecular complexity index is 819. The van der Waals surface area contributed by atoms with Gasteiger partial charge in [-0.3, -0.25) is 21.2 Å². The number of ether oxygens (including phenoxy) is 1. The molecule has 2 saturated heterocycles. The minimum Gasteiger partial charge on any atom is -0.381 e. The number of nitrogens with zero attached hydrogens (tertiary/aromatic N) is 3. The fourth-order valence-electron chi connectivity index (χ4n) is 4.92. The van der Waals surface area contributed by atoms with Crippen LogP contribution in [0.5, 0.6) is 0 Å². The number of piperazine rings is 1. The van der Waals surface area contributed by atoms with Crippen molar-refractivity contribution in [3.05, 3.63) is 66.2 Å². The van der Waals surface area contributed by atoms with Gasteiger partial charge in [0.15, 0.2) is 0 Å². The average Bonchev–Trinajstić information content (AvgIpc) is 2.87. The molecule has 0 amide bonds. The van der Waals surface area contributed by atoms with Crippen LogP contribution in [0, 0.1) is 11.3 Å². The van der Waals surface area contributed by atoms with E-state index in [0.717, 1.165) is 58.7 Å². The van der Waals surface area contributed by atoms with Gasteiger partial charge in [0.25, 0.3) is 0 Å². The molecule has 7 heteroatoms. The van der Waals surface area contributed by atoms with Crippen LogP contribution in [0.15, 0.2) is 60.7 Å². The molecule has 0 saturated carbocycles. The van der Waals surface area contributed by atoms with Crippen LogP contribution >= 0.6 is 0 Å². The summed E-state index contributed by atoms with van der Waals surface area (Å²) in [7, 11) is 0. The number of nitrogens with one attached hydrogen (secondary N) is 2. The van der Waals surface area contributed by atoms with Crippen molar-refractivity contribution in [2.75, 3.05) is 50.8 Å². The van der Waals surface area contributed by atoms with Gasteiger partial charge in [-0.05, 0) is 42.9 Å². The lowest BCUT2D eigenvalue weighted by Gasteiger charge is -2.45. The summed E-state index contributed by atoms with van der Waals surface area (Å²) in [5.41, 5.74) is 5.33.